The van der Waals surface area contributed by atoms with Crippen molar-refractivity contribution in [3.63, 3.8) is 0 Å². The summed E-state index contributed by atoms with van der Waals surface area (Å²) in [6.45, 7) is 2.89. The number of ether oxygens (including phenoxy) is 1. The molecular weight excluding hydrogens is 340 g/mol. The number of rotatable bonds is 8. The normalized spacial score (nSPS) is 24.6. The van der Waals surface area contributed by atoms with Crippen LogP contribution in [0.15, 0.2) is 4.99 Å². The molecule has 2 N–H and O–H groups in total. The minimum absolute atomic E-state index is 0.0162. The van der Waals surface area contributed by atoms with Crippen molar-refractivity contribution in [3.8, 4) is 0 Å². The summed E-state index contributed by atoms with van der Waals surface area (Å²) < 4.78 is 30.6. The van der Waals surface area contributed by atoms with Gasteiger partial charge < -0.3 is 15.4 Å². The fourth-order valence-corrected chi connectivity index (χ4v) is 5.30. The molecule has 2 fully saturated rings. The molecule has 1 saturated heterocycles. The van der Waals surface area contributed by atoms with Crippen molar-refractivity contribution >= 4 is 16.0 Å². The van der Waals surface area contributed by atoms with Crippen LogP contribution in [0.5, 0.6) is 0 Å². The van der Waals surface area contributed by atoms with E-state index >= 15 is 0 Å². The molecule has 0 radical (unpaired) electrons. The van der Waals surface area contributed by atoms with Gasteiger partial charge in [-0.05, 0) is 37.5 Å². The Morgan fingerprint density at radius 3 is 2.60 bits per heavy atom. The molecule has 0 spiro atoms. The van der Waals surface area contributed by atoms with Gasteiger partial charge in [0, 0.05) is 46.4 Å². The lowest BCUT2D eigenvalue weighted by Crippen LogP contribution is -2.48. The van der Waals surface area contributed by atoms with Crippen molar-refractivity contribution in [2.75, 3.05) is 46.7 Å². The first-order chi connectivity index (χ1) is 11.9. The van der Waals surface area contributed by atoms with Gasteiger partial charge in [-0.2, -0.15) is 4.31 Å². The number of nitrogens with zero attached hydrogens (tertiary/aromatic N) is 2. The van der Waals surface area contributed by atoms with Gasteiger partial charge in [0.15, 0.2) is 5.96 Å². The third kappa shape index (κ3) is 5.82. The first kappa shape index (κ1) is 20.5. The lowest BCUT2D eigenvalue weighted by molar-refractivity contribution is 0.138. The highest BCUT2D eigenvalue weighted by Crippen LogP contribution is 2.40. The third-order valence-corrected chi connectivity index (χ3v) is 6.94. The van der Waals surface area contributed by atoms with Gasteiger partial charge in [-0.15, -0.1) is 0 Å². The number of sulfonamides is 1. The van der Waals surface area contributed by atoms with E-state index in [9.17, 15) is 8.42 Å². The molecule has 8 heteroatoms. The van der Waals surface area contributed by atoms with Crippen molar-refractivity contribution in [1.82, 2.24) is 14.9 Å². The van der Waals surface area contributed by atoms with Crippen LogP contribution in [-0.2, 0) is 14.8 Å². The average Bonchev–Trinajstić information content (AvgIpc) is 3.22. The summed E-state index contributed by atoms with van der Waals surface area (Å²) in [4.78, 5) is 4.30. The van der Waals surface area contributed by atoms with Gasteiger partial charge in [-0.3, -0.25) is 4.99 Å². The van der Waals surface area contributed by atoms with Crippen LogP contribution in [-0.4, -0.2) is 71.4 Å². The molecule has 1 aliphatic heterocycles. The van der Waals surface area contributed by atoms with Crippen LogP contribution in [0, 0.1) is 5.41 Å². The molecule has 1 heterocycles. The fourth-order valence-electron chi connectivity index (χ4n) is 4.11. The Hall–Kier alpha value is -0.860. The van der Waals surface area contributed by atoms with Crippen LogP contribution in [0.25, 0.3) is 0 Å². The van der Waals surface area contributed by atoms with Crippen LogP contribution in [0.3, 0.4) is 0 Å². The van der Waals surface area contributed by atoms with Crippen LogP contribution < -0.4 is 10.6 Å². The van der Waals surface area contributed by atoms with E-state index in [1.807, 2.05) is 0 Å². The Balaban J connectivity index is 1.84. The SMILES string of the molecule is CN=C(NC[C@H]1CCCN1S(C)(=O)=O)NCC1(CCOC)CCCC1. The van der Waals surface area contributed by atoms with Gasteiger partial charge in [0.25, 0.3) is 0 Å². The van der Waals surface area contributed by atoms with Crippen molar-refractivity contribution in [1.29, 1.82) is 0 Å². The lowest BCUT2D eigenvalue weighted by Gasteiger charge is -2.30. The average molecular weight is 375 g/mol. The lowest BCUT2D eigenvalue weighted by atomic mass is 9.83. The second kappa shape index (κ2) is 9.19. The van der Waals surface area contributed by atoms with E-state index in [0.717, 1.165) is 38.4 Å². The van der Waals surface area contributed by atoms with Gasteiger partial charge in [-0.25, -0.2) is 8.42 Å². The Kier molecular flexibility index (Phi) is 7.51. The summed E-state index contributed by atoms with van der Waals surface area (Å²) >= 11 is 0. The van der Waals surface area contributed by atoms with E-state index in [2.05, 4.69) is 15.6 Å². The van der Waals surface area contributed by atoms with Crippen molar-refractivity contribution in [3.05, 3.63) is 0 Å². The zero-order valence-corrected chi connectivity index (χ0v) is 16.7. The first-order valence-corrected chi connectivity index (χ1v) is 11.2. The van der Waals surface area contributed by atoms with Crippen LogP contribution in [0.1, 0.15) is 44.9 Å². The van der Waals surface area contributed by atoms with E-state index in [-0.39, 0.29) is 6.04 Å². The molecule has 0 amide bonds. The van der Waals surface area contributed by atoms with Crippen molar-refractivity contribution < 1.29 is 13.2 Å². The number of methoxy groups -OCH3 is 1. The van der Waals surface area contributed by atoms with Gasteiger partial charge in [-0.1, -0.05) is 12.8 Å². The standard InChI is InChI=1S/C17H34N4O3S/c1-18-16(19-13-15-7-6-11-21(15)25(3,22)23)20-14-17(10-12-24-2)8-4-5-9-17/h15H,4-14H2,1-3H3,(H2,18,19,20)/t15-/m1/s1. The fraction of sp³-hybridized carbons (Fsp3) is 0.941. The van der Waals surface area contributed by atoms with Gasteiger partial charge in [0.1, 0.15) is 0 Å². The summed E-state index contributed by atoms with van der Waals surface area (Å²) in [5, 5.41) is 6.77. The van der Waals surface area contributed by atoms with E-state index in [1.54, 1.807) is 18.5 Å². The molecule has 0 aromatic carbocycles. The van der Waals surface area contributed by atoms with Crippen molar-refractivity contribution in [2.24, 2.45) is 10.4 Å². The minimum Gasteiger partial charge on any atom is -0.385 e. The first-order valence-electron chi connectivity index (χ1n) is 9.30. The van der Waals surface area contributed by atoms with Crippen LogP contribution in [0.2, 0.25) is 0 Å². The summed E-state index contributed by atoms with van der Waals surface area (Å²) in [5.41, 5.74) is 0.291. The summed E-state index contributed by atoms with van der Waals surface area (Å²) in [6, 6.07) is 0.0162. The molecule has 1 aliphatic carbocycles. The van der Waals surface area contributed by atoms with Gasteiger partial charge in [0.05, 0.1) is 6.26 Å². The molecule has 1 atom stereocenters. The molecule has 25 heavy (non-hydrogen) atoms. The summed E-state index contributed by atoms with van der Waals surface area (Å²) in [6.07, 6.45) is 9.19. The van der Waals surface area contributed by atoms with E-state index in [4.69, 9.17) is 4.74 Å². The Labute approximate surface area is 152 Å². The Morgan fingerprint density at radius 2 is 2.00 bits per heavy atom. The number of hydrogen-bond donors (Lipinski definition) is 2. The zero-order chi connectivity index (χ0) is 18.3. The molecule has 0 aromatic rings. The molecule has 0 aromatic heterocycles. The highest BCUT2D eigenvalue weighted by Gasteiger charge is 2.34. The molecular formula is C17H34N4O3S. The molecule has 2 aliphatic rings. The predicted octanol–water partition coefficient (Wildman–Crippen LogP) is 1.17. The minimum atomic E-state index is -3.13. The van der Waals surface area contributed by atoms with Gasteiger partial charge >= 0.3 is 0 Å². The van der Waals surface area contributed by atoms with Crippen LogP contribution in [0.4, 0.5) is 0 Å². The second-order valence-corrected chi connectivity index (χ2v) is 9.36. The molecule has 1 saturated carbocycles. The van der Waals surface area contributed by atoms with Crippen molar-refractivity contribution in [2.45, 2.75) is 51.0 Å². The third-order valence-electron chi connectivity index (χ3n) is 5.61. The van der Waals surface area contributed by atoms with Gasteiger partial charge in [0.2, 0.25) is 10.0 Å². The highest BCUT2D eigenvalue weighted by molar-refractivity contribution is 7.88. The zero-order valence-electron chi connectivity index (χ0n) is 15.9. The van der Waals surface area contributed by atoms with E-state index in [0.29, 0.717) is 18.5 Å². The smallest absolute Gasteiger partial charge is 0.211 e. The maximum atomic E-state index is 11.8. The quantitative estimate of drug-likeness (QED) is 0.492. The number of hydrogen-bond acceptors (Lipinski definition) is 4. The number of guanidine groups is 1. The van der Waals surface area contributed by atoms with Crippen LogP contribution >= 0.6 is 0 Å². The summed E-state index contributed by atoms with van der Waals surface area (Å²) in [5.74, 6) is 0.754. The summed E-state index contributed by atoms with van der Waals surface area (Å²) in [7, 11) is 0.382. The predicted molar refractivity (Wildman–Crippen MR) is 101 cm³/mol. The van der Waals surface area contributed by atoms with E-state index in [1.165, 1.54) is 31.9 Å². The highest BCUT2D eigenvalue weighted by atomic mass is 32.2. The molecule has 0 bridgehead atoms. The second-order valence-electron chi connectivity index (χ2n) is 7.43. The number of nitrogens with one attached hydrogen (secondary N) is 2. The molecule has 2 rings (SSSR count). The molecule has 0 unspecified atom stereocenters. The Bertz CT molecular complexity index is 544. The molecule has 7 nitrogen and oxygen atoms in total. The monoisotopic (exact) mass is 374 g/mol. The van der Waals surface area contributed by atoms with E-state index < -0.39 is 10.0 Å². The largest absolute Gasteiger partial charge is 0.385 e. The molecule has 146 valence electrons. The number of aliphatic imine (C=N–C) groups is 1. The maximum Gasteiger partial charge on any atom is 0.211 e. The maximum absolute atomic E-state index is 11.8. The Morgan fingerprint density at radius 1 is 1.28 bits per heavy atom. The topological polar surface area (TPSA) is 83.0 Å².